The molecule has 1 fully saturated rings. The predicted molar refractivity (Wildman–Crippen MR) is 70.1 cm³/mol. The number of carbonyl (C=O) groups excluding carboxylic acids is 3. The summed E-state index contributed by atoms with van der Waals surface area (Å²) in [6.45, 7) is 0. The van der Waals surface area contributed by atoms with E-state index in [1.807, 2.05) is 0 Å². The molecular weight excluding hydrogens is 468 g/mol. The van der Waals surface area contributed by atoms with Gasteiger partial charge in [-0.25, -0.2) is 4.39 Å². The van der Waals surface area contributed by atoms with Gasteiger partial charge in [0, 0.05) is 27.5 Å². The maximum absolute atomic E-state index is 13.1. The maximum Gasteiger partial charge on any atom is 0.248 e. The zero-order valence-electron chi connectivity index (χ0n) is 11.8. The van der Waals surface area contributed by atoms with Gasteiger partial charge in [0.05, 0.1) is 6.04 Å². The second kappa shape index (κ2) is 9.58. The number of amides is 3. The molecule has 0 saturated carbocycles. The second-order valence-corrected chi connectivity index (χ2v) is 4.26. The molecule has 3 atom stereocenters. The molecule has 0 spiro atoms. The van der Waals surface area contributed by atoms with Crippen molar-refractivity contribution in [3.8, 4) is 0 Å². The molecule has 22 heavy (non-hydrogen) atoms. The molecule has 4 N–H and O–H groups in total. The molecule has 9 heteroatoms. The van der Waals surface area contributed by atoms with Crippen molar-refractivity contribution in [2.45, 2.75) is 31.2 Å². The fourth-order valence-electron chi connectivity index (χ4n) is 1.77. The van der Waals surface area contributed by atoms with Gasteiger partial charge in [0.1, 0.15) is 18.3 Å². The van der Waals surface area contributed by atoms with Crippen LogP contribution in [-0.2, 0) is 35.4 Å². The van der Waals surface area contributed by atoms with Gasteiger partial charge in [-0.2, -0.15) is 6.08 Å². The Morgan fingerprint density at radius 2 is 2.00 bits per heavy atom. The number of alkyl halides is 2. The number of hydrogen-bond donors (Lipinski definition) is 3. The van der Waals surface area contributed by atoms with Crippen LogP contribution in [-0.4, -0.2) is 43.2 Å². The molecule has 1 saturated heterocycles. The number of nitrogens with two attached hydrogens (primary N) is 1. The van der Waals surface area contributed by atoms with E-state index in [0.717, 1.165) is 12.2 Å². The summed E-state index contributed by atoms with van der Waals surface area (Å²) >= 11 is 0. The zero-order valence-corrected chi connectivity index (χ0v) is 14.7. The van der Waals surface area contributed by atoms with Crippen LogP contribution in [0.3, 0.4) is 0 Å². The quantitative estimate of drug-likeness (QED) is 0.362. The number of nitrogens with one attached hydrogen (secondary N) is 2. The van der Waals surface area contributed by atoms with Gasteiger partial charge >= 0.3 is 0 Å². The minimum absolute atomic E-state index is 0. The van der Waals surface area contributed by atoms with Crippen molar-refractivity contribution in [3.05, 3.63) is 23.8 Å². The normalized spacial score (nSPS) is 26.7. The van der Waals surface area contributed by atoms with Crippen molar-refractivity contribution in [3.63, 3.8) is 0 Å². The molecule has 6 nitrogen and oxygen atoms in total. The second-order valence-electron chi connectivity index (χ2n) is 4.26. The molecule has 122 valence electrons. The van der Waals surface area contributed by atoms with Crippen LogP contribution in [0.5, 0.6) is 0 Å². The standard InChI is InChI=1S/C12H11F2N2O3.CH5N.W/c13-7-2-1-6(5-8(7)14)11(18)15-9-3-4-10(17)16-12(9)19;1-2;/h2,5,7-9H,3-4H2,(H,15,18)(H,16,17,19);2H2,1H3;/q-1;;. The van der Waals surface area contributed by atoms with Crippen molar-refractivity contribution in [2.24, 2.45) is 5.73 Å². The van der Waals surface area contributed by atoms with Crippen LogP contribution >= 0.6 is 0 Å². The number of carbonyl (C=O) groups is 3. The van der Waals surface area contributed by atoms with Gasteiger partial charge < -0.3 is 15.8 Å². The van der Waals surface area contributed by atoms with Crippen LogP contribution in [0.25, 0.3) is 0 Å². The van der Waals surface area contributed by atoms with Crippen molar-refractivity contribution >= 4 is 17.7 Å². The Hall–Kier alpha value is -1.40. The Morgan fingerprint density at radius 3 is 2.55 bits per heavy atom. The summed E-state index contributed by atoms with van der Waals surface area (Å²) in [5.41, 5.74) is 4.34. The van der Waals surface area contributed by atoms with Gasteiger partial charge in [-0.1, -0.05) is 0 Å². The minimum Gasteiger partial charge on any atom is -0.394 e. The number of imide groups is 1. The third-order valence-electron chi connectivity index (χ3n) is 2.82. The number of hydrogen-bond acceptors (Lipinski definition) is 4. The van der Waals surface area contributed by atoms with E-state index >= 15 is 0 Å². The van der Waals surface area contributed by atoms with Gasteiger partial charge in [-0.15, -0.1) is 17.7 Å². The molecule has 0 aromatic carbocycles. The number of rotatable bonds is 2. The monoisotopic (exact) mass is 484 g/mol. The van der Waals surface area contributed by atoms with E-state index in [0.29, 0.717) is 0 Å². The fraction of sp³-hybridized carbons (Fsp3) is 0.462. The van der Waals surface area contributed by atoms with Crippen molar-refractivity contribution in [1.29, 1.82) is 0 Å². The van der Waals surface area contributed by atoms with E-state index in [-0.39, 0.29) is 39.5 Å². The average molecular weight is 484 g/mol. The predicted octanol–water partition coefficient (Wildman–Crippen LogP) is -0.544. The topological polar surface area (TPSA) is 101 Å². The first-order valence-electron chi connectivity index (χ1n) is 6.29. The number of allylic oxidation sites excluding steroid dienone is 2. The van der Waals surface area contributed by atoms with Gasteiger partial charge in [0.2, 0.25) is 11.8 Å². The Kier molecular flexibility index (Phi) is 8.97. The van der Waals surface area contributed by atoms with Gasteiger partial charge in [0.25, 0.3) is 0 Å². The van der Waals surface area contributed by atoms with E-state index in [1.165, 1.54) is 7.05 Å². The molecule has 3 amide bonds. The van der Waals surface area contributed by atoms with Crippen molar-refractivity contribution in [1.82, 2.24) is 10.6 Å². The first-order valence-corrected chi connectivity index (χ1v) is 6.29. The van der Waals surface area contributed by atoms with Crippen molar-refractivity contribution in [2.75, 3.05) is 7.05 Å². The minimum atomic E-state index is -1.90. The first-order chi connectivity index (χ1) is 9.97. The largest absolute Gasteiger partial charge is 0.394 e. The Morgan fingerprint density at radius 1 is 1.36 bits per heavy atom. The SMILES string of the molecule is CN.O=C1CCC(NC(=O)C2=CC(F)C(F)C=[C-]2)C(=O)N1.[W]. The van der Waals surface area contributed by atoms with Crippen molar-refractivity contribution < 1.29 is 44.2 Å². The van der Waals surface area contributed by atoms with Crippen LogP contribution in [0.1, 0.15) is 12.8 Å². The third kappa shape index (κ3) is 5.42. The summed E-state index contributed by atoms with van der Waals surface area (Å²) in [5, 5.41) is 4.43. The fourth-order valence-corrected chi connectivity index (χ4v) is 1.77. The maximum atomic E-state index is 13.1. The molecule has 2 rings (SSSR count). The van der Waals surface area contributed by atoms with E-state index in [2.05, 4.69) is 22.4 Å². The van der Waals surface area contributed by atoms with Gasteiger partial charge in [-0.05, 0) is 13.5 Å². The van der Waals surface area contributed by atoms with E-state index in [9.17, 15) is 23.2 Å². The molecule has 1 aliphatic heterocycles. The van der Waals surface area contributed by atoms with E-state index in [1.54, 1.807) is 0 Å². The molecule has 0 radical (unpaired) electrons. The van der Waals surface area contributed by atoms with Gasteiger partial charge in [-0.3, -0.25) is 19.3 Å². The smallest absolute Gasteiger partial charge is 0.248 e. The van der Waals surface area contributed by atoms with Gasteiger partial charge in [0.15, 0.2) is 0 Å². The molecular formula is C13H16F2N3O3W-. The molecule has 1 heterocycles. The summed E-state index contributed by atoms with van der Waals surface area (Å²) in [4.78, 5) is 34.1. The van der Waals surface area contributed by atoms with Crippen LogP contribution in [0.2, 0.25) is 0 Å². The molecule has 0 aromatic heterocycles. The summed E-state index contributed by atoms with van der Waals surface area (Å²) in [7, 11) is 1.50. The summed E-state index contributed by atoms with van der Waals surface area (Å²) in [6.07, 6.45) is 0.543. The van der Waals surface area contributed by atoms with E-state index in [4.69, 9.17) is 0 Å². The first kappa shape index (κ1) is 20.6. The average Bonchev–Trinajstić information content (AvgIpc) is 2.47. The summed E-state index contributed by atoms with van der Waals surface area (Å²) < 4.78 is 25.9. The Bertz CT molecular complexity index is 497. The number of piperidine rings is 1. The third-order valence-corrected chi connectivity index (χ3v) is 2.82. The summed E-state index contributed by atoms with van der Waals surface area (Å²) in [5.74, 6) is -1.73. The van der Waals surface area contributed by atoms with Crippen LogP contribution in [0.15, 0.2) is 17.7 Å². The van der Waals surface area contributed by atoms with E-state index < -0.39 is 36.1 Å². The number of halogens is 2. The molecule has 0 aromatic rings. The zero-order chi connectivity index (χ0) is 16.0. The van der Waals surface area contributed by atoms with Crippen LogP contribution in [0, 0.1) is 6.08 Å². The van der Waals surface area contributed by atoms with Crippen LogP contribution < -0.4 is 16.4 Å². The molecule has 3 unspecified atom stereocenters. The summed E-state index contributed by atoms with van der Waals surface area (Å²) in [6, 6.07) is -0.853. The molecule has 0 bridgehead atoms. The molecule has 1 aliphatic carbocycles. The Labute approximate surface area is 140 Å². The molecule has 2 aliphatic rings. The Balaban J connectivity index is 0.00000141. The van der Waals surface area contributed by atoms with Crippen LogP contribution in [0.4, 0.5) is 8.78 Å².